The van der Waals surface area contributed by atoms with Crippen molar-refractivity contribution in [3.63, 3.8) is 0 Å². The van der Waals surface area contributed by atoms with E-state index in [1.165, 1.54) is 0 Å². The third-order valence-electron chi connectivity index (χ3n) is 2.36. The van der Waals surface area contributed by atoms with Crippen molar-refractivity contribution in [1.82, 2.24) is 4.98 Å². The van der Waals surface area contributed by atoms with E-state index in [-0.39, 0.29) is 0 Å². The van der Waals surface area contributed by atoms with Crippen molar-refractivity contribution in [3.8, 4) is 0 Å². The second kappa shape index (κ2) is 2.49. The van der Waals surface area contributed by atoms with Crippen LogP contribution in [-0.4, -0.2) is 4.98 Å². The first-order chi connectivity index (χ1) is 6.09. The van der Waals surface area contributed by atoms with E-state index in [1.807, 2.05) is 26.8 Å². The molecular formula is C10H12N2O. The number of benzene rings is 1. The average Bonchev–Trinajstić information content (AvgIpc) is 2.42. The zero-order valence-corrected chi connectivity index (χ0v) is 8.01. The lowest BCUT2D eigenvalue weighted by molar-refractivity contribution is 0.561. The van der Waals surface area contributed by atoms with Crippen molar-refractivity contribution in [1.29, 1.82) is 0 Å². The smallest absolute Gasteiger partial charge is 0.192 e. The Morgan fingerprint density at radius 3 is 2.69 bits per heavy atom. The lowest BCUT2D eigenvalue weighted by atomic mass is 10.1. The van der Waals surface area contributed by atoms with Gasteiger partial charge in [-0.15, -0.1) is 0 Å². The predicted molar refractivity (Wildman–Crippen MR) is 52.6 cm³/mol. The molecule has 0 aliphatic carbocycles. The van der Waals surface area contributed by atoms with Crippen LogP contribution in [0.2, 0.25) is 0 Å². The van der Waals surface area contributed by atoms with Gasteiger partial charge in [0, 0.05) is 6.92 Å². The first kappa shape index (κ1) is 8.10. The number of hydrogen-bond acceptors (Lipinski definition) is 3. The van der Waals surface area contributed by atoms with Crippen LogP contribution in [0.1, 0.15) is 17.0 Å². The number of nitrogen functional groups attached to an aromatic ring is 1. The molecule has 0 bridgehead atoms. The number of rotatable bonds is 0. The molecule has 0 amide bonds. The summed E-state index contributed by atoms with van der Waals surface area (Å²) in [5.74, 6) is 0.659. The summed E-state index contributed by atoms with van der Waals surface area (Å²) in [4.78, 5) is 4.22. The Balaban J connectivity index is 2.92. The van der Waals surface area contributed by atoms with Gasteiger partial charge in [0.2, 0.25) is 0 Å². The molecule has 1 aromatic heterocycles. The molecule has 0 aliphatic rings. The third kappa shape index (κ3) is 1.08. The summed E-state index contributed by atoms with van der Waals surface area (Å²) >= 11 is 0. The highest BCUT2D eigenvalue weighted by Crippen LogP contribution is 2.27. The molecule has 0 fully saturated rings. The SMILES string of the molecule is Cc1nc2c(N)c(C)c(C)cc2o1. The van der Waals surface area contributed by atoms with Crippen LogP contribution in [0.5, 0.6) is 0 Å². The van der Waals surface area contributed by atoms with E-state index in [0.717, 1.165) is 27.9 Å². The number of hydrogen-bond donors (Lipinski definition) is 1. The van der Waals surface area contributed by atoms with Crippen molar-refractivity contribution < 1.29 is 4.42 Å². The molecule has 0 radical (unpaired) electrons. The summed E-state index contributed by atoms with van der Waals surface area (Å²) in [7, 11) is 0. The molecule has 2 rings (SSSR count). The van der Waals surface area contributed by atoms with Crippen LogP contribution in [0.4, 0.5) is 5.69 Å². The lowest BCUT2D eigenvalue weighted by Crippen LogP contribution is -1.93. The maximum absolute atomic E-state index is 5.91. The number of anilines is 1. The van der Waals surface area contributed by atoms with Gasteiger partial charge < -0.3 is 10.2 Å². The molecule has 68 valence electrons. The van der Waals surface area contributed by atoms with E-state index in [4.69, 9.17) is 10.2 Å². The van der Waals surface area contributed by atoms with Crippen molar-refractivity contribution in [3.05, 3.63) is 23.1 Å². The van der Waals surface area contributed by atoms with Crippen molar-refractivity contribution >= 4 is 16.8 Å². The molecule has 3 heteroatoms. The van der Waals surface area contributed by atoms with E-state index in [1.54, 1.807) is 0 Å². The first-order valence-corrected chi connectivity index (χ1v) is 4.22. The minimum atomic E-state index is 0.659. The largest absolute Gasteiger partial charge is 0.441 e. The van der Waals surface area contributed by atoms with E-state index in [0.29, 0.717) is 5.89 Å². The fraction of sp³-hybridized carbons (Fsp3) is 0.300. The second-order valence-corrected chi connectivity index (χ2v) is 3.31. The van der Waals surface area contributed by atoms with E-state index in [9.17, 15) is 0 Å². The van der Waals surface area contributed by atoms with E-state index >= 15 is 0 Å². The highest BCUT2D eigenvalue weighted by Gasteiger charge is 2.09. The summed E-state index contributed by atoms with van der Waals surface area (Å²) in [6, 6.07) is 1.97. The van der Waals surface area contributed by atoms with Gasteiger partial charge in [-0.1, -0.05) is 0 Å². The zero-order valence-electron chi connectivity index (χ0n) is 8.01. The van der Waals surface area contributed by atoms with Gasteiger partial charge in [0.05, 0.1) is 5.69 Å². The quantitative estimate of drug-likeness (QED) is 0.627. The Morgan fingerprint density at radius 1 is 1.31 bits per heavy atom. The molecule has 3 nitrogen and oxygen atoms in total. The second-order valence-electron chi connectivity index (χ2n) is 3.31. The number of aromatic nitrogens is 1. The zero-order chi connectivity index (χ0) is 9.59. The summed E-state index contributed by atoms with van der Waals surface area (Å²) < 4.78 is 5.39. The van der Waals surface area contributed by atoms with Gasteiger partial charge in [0.15, 0.2) is 11.5 Å². The highest BCUT2D eigenvalue weighted by molar-refractivity contribution is 5.88. The molecule has 0 saturated heterocycles. The van der Waals surface area contributed by atoms with Crippen molar-refractivity contribution in [2.75, 3.05) is 5.73 Å². The fourth-order valence-corrected chi connectivity index (χ4v) is 1.43. The Bertz CT molecular complexity index is 471. The summed E-state index contributed by atoms with van der Waals surface area (Å²) in [6.45, 7) is 5.83. The van der Waals surface area contributed by atoms with Gasteiger partial charge in [-0.25, -0.2) is 4.98 Å². The molecular weight excluding hydrogens is 164 g/mol. The van der Waals surface area contributed by atoms with Crippen LogP contribution in [0.3, 0.4) is 0 Å². The number of oxazole rings is 1. The van der Waals surface area contributed by atoms with Gasteiger partial charge in [-0.05, 0) is 31.0 Å². The molecule has 0 spiro atoms. The molecule has 0 aliphatic heterocycles. The number of nitrogens with two attached hydrogens (primary N) is 1. The topological polar surface area (TPSA) is 52.0 Å². The Hall–Kier alpha value is -1.51. The Morgan fingerprint density at radius 2 is 2.00 bits per heavy atom. The van der Waals surface area contributed by atoms with Crippen LogP contribution in [-0.2, 0) is 0 Å². The van der Waals surface area contributed by atoms with Crippen LogP contribution >= 0.6 is 0 Å². The van der Waals surface area contributed by atoms with E-state index < -0.39 is 0 Å². The minimum Gasteiger partial charge on any atom is -0.441 e. The summed E-state index contributed by atoms with van der Waals surface area (Å²) in [5, 5.41) is 0. The standard InChI is InChI=1S/C10H12N2O/c1-5-4-8-10(9(11)6(5)2)12-7(3)13-8/h4H,11H2,1-3H3. The van der Waals surface area contributed by atoms with Crippen LogP contribution in [0, 0.1) is 20.8 Å². The maximum Gasteiger partial charge on any atom is 0.192 e. The van der Waals surface area contributed by atoms with Crippen molar-refractivity contribution in [2.45, 2.75) is 20.8 Å². The fourth-order valence-electron chi connectivity index (χ4n) is 1.43. The van der Waals surface area contributed by atoms with Gasteiger partial charge in [0.1, 0.15) is 5.52 Å². The third-order valence-corrected chi connectivity index (χ3v) is 2.36. The van der Waals surface area contributed by atoms with E-state index in [2.05, 4.69) is 4.98 Å². The monoisotopic (exact) mass is 176 g/mol. The maximum atomic E-state index is 5.91. The summed E-state index contributed by atoms with van der Waals surface area (Å²) in [6.07, 6.45) is 0. The van der Waals surface area contributed by atoms with Crippen LogP contribution < -0.4 is 5.73 Å². The molecule has 0 atom stereocenters. The molecule has 2 aromatic rings. The normalized spacial score (nSPS) is 11.0. The van der Waals surface area contributed by atoms with Crippen molar-refractivity contribution in [2.24, 2.45) is 0 Å². The van der Waals surface area contributed by atoms with Crippen LogP contribution in [0.25, 0.3) is 11.1 Å². The average molecular weight is 176 g/mol. The Labute approximate surface area is 76.6 Å². The van der Waals surface area contributed by atoms with Crippen LogP contribution in [0.15, 0.2) is 10.5 Å². The molecule has 13 heavy (non-hydrogen) atoms. The predicted octanol–water partition coefficient (Wildman–Crippen LogP) is 2.34. The molecule has 1 aromatic carbocycles. The molecule has 0 saturated carbocycles. The van der Waals surface area contributed by atoms with Gasteiger partial charge in [-0.3, -0.25) is 0 Å². The minimum absolute atomic E-state index is 0.659. The lowest BCUT2D eigenvalue weighted by Gasteiger charge is -2.02. The molecule has 2 N–H and O–H groups in total. The van der Waals surface area contributed by atoms with Gasteiger partial charge >= 0.3 is 0 Å². The number of aryl methyl sites for hydroxylation is 2. The highest BCUT2D eigenvalue weighted by atomic mass is 16.3. The number of nitrogens with zero attached hydrogens (tertiary/aromatic N) is 1. The Kier molecular flexibility index (Phi) is 1.55. The summed E-state index contributed by atoms with van der Waals surface area (Å²) in [5.41, 5.74) is 10.4. The number of fused-ring (bicyclic) bond motifs is 1. The molecule has 0 unspecified atom stereocenters. The molecule has 1 heterocycles. The first-order valence-electron chi connectivity index (χ1n) is 4.22. The van der Waals surface area contributed by atoms with Gasteiger partial charge in [-0.2, -0.15) is 0 Å². The van der Waals surface area contributed by atoms with Gasteiger partial charge in [0.25, 0.3) is 0 Å².